The maximum Gasteiger partial charge on any atom is 0.417 e. The molecule has 0 aliphatic carbocycles. The Hall–Kier alpha value is -1.63. The lowest BCUT2D eigenvalue weighted by Crippen LogP contribution is -2.10. The van der Waals surface area contributed by atoms with Crippen molar-refractivity contribution in [2.24, 2.45) is 0 Å². The summed E-state index contributed by atoms with van der Waals surface area (Å²) in [5, 5.41) is 3.01. The van der Waals surface area contributed by atoms with E-state index in [4.69, 9.17) is 0 Å². The fourth-order valence-electron chi connectivity index (χ4n) is 1.89. The molecule has 0 amide bonds. The van der Waals surface area contributed by atoms with Gasteiger partial charge in [0.15, 0.2) is 5.82 Å². The van der Waals surface area contributed by atoms with Gasteiger partial charge < -0.3 is 5.32 Å². The van der Waals surface area contributed by atoms with E-state index in [0.29, 0.717) is 22.5 Å². The van der Waals surface area contributed by atoms with Gasteiger partial charge >= 0.3 is 6.18 Å². The first-order valence-electron chi connectivity index (χ1n) is 6.29. The van der Waals surface area contributed by atoms with Crippen LogP contribution >= 0.6 is 15.9 Å². The molecule has 0 aliphatic heterocycles. The summed E-state index contributed by atoms with van der Waals surface area (Å²) in [4.78, 5) is 8.36. The Morgan fingerprint density at radius 2 is 1.86 bits per heavy atom. The van der Waals surface area contributed by atoms with Crippen molar-refractivity contribution in [3.8, 4) is 11.4 Å². The minimum Gasteiger partial charge on any atom is -0.369 e. The van der Waals surface area contributed by atoms with E-state index in [1.54, 1.807) is 6.92 Å². The fourth-order valence-corrected chi connectivity index (χ4v) is 2.21. The van der Waals surface area contributed by atoms with E-state index in [1.807, 2.05) is 6.92 Å². The van der Waals surface area contributed by atoms with Crippen LogP contribution in [0.3, 0.4) is 0 Å². The molecule has 0 aliphatic rings. The van der Waals surface area contributed by atoms with Crippen molar-refractivity contribution in [2.45, 2.75) is 20.0 Å². The SMILES string of the molecule is CCNc1nc(-c2ccccc2C(F)(F)F)nc(C)c1Br. The van der Waals surface area contributed by atoms with Gasteiger partial charge in [-0.3, -0.25) is 0 Å². The number of alkyl halides is 3. The lowest BCUT2D eigenvalue weighted by molar-refractivity contribution is -0.137. The normalized spacial score (nSPS) is 11.5. The minimum absolute atomic E-state index is 0.0280. The van der Waals surface area contributed by atoms with Crippen LogP contribution in [0.5, 0.6) is 0 Å². The van der Waals surface area contributed by atoms with Crippen molar-refractivity contribution in [1.29, 1.82) is 0 Å². The molecule has 0 spiro atoms. The van der Waals surface area contributed by atoms with Crippen molar-refractivity contribution in [3.63, 3.8) is 0 Å². The summed E-state index contributed by atoms with van der Waals surface area (Å²) < 4.78 is 39.9. The van der Waals surface area contributed by atoms with E-state index in [1.165, 1.54) is 18.2 Å². The predicted molar refractivity (Wildman–Crippen MR) is 79.1 cm³/mol. The first-order valence-corrected chi connectivity index (χ1v) is 7.08. The van der Waals surface area contributed by atoms with Crippen molar-refractivity contribution in [3.05, 3.63) is 40.0 Å². The van der Waals surface area contributed by atoms with Gasteiger partial charge in [-0.25, -0.2) is 9.97 Å². The molecule has 2 rings (SSSR count). The summed E-state index contributed by atoms with van der Waals surface area (Å²) in [6, 6.07) is 5.30. The van der Waals surface area contributed by atoms with E-state index in [-0.39, 0.29) is 11.4 Å². The van der Waals surface area contributed by atoms with Gasteiger partial charge in [0, 0.05) is 12.1 Å². The lowest BCUT2D eigenvalue weighted by atomic mass is 10.1. The number of nitrogens with one attached hydrogen (secondary N) is 1. The number of rotatable bonds is 3. The van der Waals surface area contributed by atoms with E-state index in [2.05, 4.69) is 31.2 Å². The van der Waals surface area contributed by atoms with Gasteiger partial charge in [0.1, 0.15) is 5.82 Å². The molecule has 0 fully saturated rings. The quantitative estimate of drug-likeness (QED) is 0.865. The molecule has 0 saturated carbocycles. The number of nitrogens with zero attached hydrogens (tertiary/aromatic N) is 2. The van der Waals surface area contributed by atoms with Gasteiger partial charge in [0.05, 0.1) is 15.7 Å². The van der Waals surface area contributed by atoms with Crippen LogP contribution < -0.4 is 5.32 Å². The van der Waals surface area contributed by atoms with Crippen LogP contribution in [-0.2, 0) is 6.18 Å². The Morgan fingerprint density at radius 3 is 2.48 bits per heavy atom. The minimum atomic E-state index is -4.45. The third kappa shape index (κ3) is 3.34. The standard InChI is InChI=1S/C14H13BrF3N3/c1-3-19-13-11(15)8(2)20-12(21-13)9-6-4-5-7-10(9)14(16,17)18/h4-7H,3H2,1-2H3,(H,19,20,21). The predicted octanol–water partition coefficient (Wildman–Crippen LogP) is 4.67. The summed E-state index contributed by atoms with van der Waals surface area (Å²) in [7, 11) is 0. The third-order valence-corrected chi connectivity index (χ3v) is 3.78. The second-order valence-corrected chi connectivity index (χ2v) is 5.16. The molecule has 0 atom stereocenters. The Kier molecular flexibility index (Phi) is 4.51. The van der Waals surface area contributed by atoms with Gasteiger partial charge in [0.25, 0.3) is 0 Å². The van der Waals surface area contributed by atoms with E-state index in [0.717, 1.165) is 6.07 Å². The molecular weight excluding hydrogens is 347 g/mol. The molecule has 21 heavy (non-hydrogen) atoms. The number of aryl methyl sites for hydroxylation is 1. The smallest absolute Gasteiger partial charge is 0.369 e. The monoisotopic (exact) mass is 359 g/mol. The first-order chi connectivity index (χ1) is 9.84. The van der Waals surface area contributed by atoms with Gasteiger partial charge in [-0.05, 0) is 35.8 Å². The van der Waals surface area contributed by atoms with E-state index < -0.39 is 11.7 Å². The van der Waals surface area contributed by atoms with Crippen LogP contribution in [0.4, 0.5) is 19.0 Å². The van der Waals surface area contributed by atoms with Crippen LogP contribution in [0, 0.1) is 6.92 Å². The van der Waals surface area contributed by atoms with Crippen LogP contribution in [0.1, 0.15) is 18.2 Å². The summed E-state index contributed by atoms with van der Waals surface area (Å²) >= 11 is 3.34. The molecule has 3 nitrogen and oxygen atoms in total. The first kappa shape index (κ1) is 15.8. The van der Waals surface area contributed by atoms with E-state index in [9.17, 15) is 13.2 Å². The topological polar surface area (TPSA) is 37.8 Å². The molecule has 1 aromatic heterocycles. The Labute approximate surface area is 128 Å². The zero-order chi connectivity index (χ0) is 15.6. The van der Waals surface area contributed by atoms with Crippen LogP contribution in [0.25, 0.3) is 11.4 Å². The molecular formula is C14H13BrF3N3. The molecule has 1 N–H and O–H groups in total. The van der Waals surface area contributed by atoms with Crippen molar-refractivity contribution >= 4 is 21.7 Å². The maximum absolute atomic E-state index is 13.1. The highest BCUT2D eigenvalue weighted by atomic mass is 79.9. The number of aromatic nitrogens is 2. The second-order valence-electron chi connectivity index (χ2n) is 4.37. The van der Waals surface area contributed by atoms with Crippen LogP contribution in [0.2, 0.25) is 0 Å². The molecule has 1 aromatic carbocycles. The van der Waals surface area contributed by atoms with Crippen molar-refractivity contribution in [1.82, 2.24) is 9.97 Å². The van der Waals surface area contributed by atoms with Gasteiger partial charge in [-0.15, -0.1) is 0 Å². The largest absolute Gasteiger partial charge is 0.417 e. The van der Waals surface area contributed by atoms with Crippen LogP contribution in [-0.4, -0.2) is 16.5 Å². The zero-order valence-corrected chi connectivity index (χ0v) is 13.0. The molecule has 112 valence electrons. The third-order valence-electron chi connectivity index (χ3n) is 2.83. The highest BCUT2D eigenvalue weighted by molar-refractivity contribution is 9.10. The number of halogens is 4. The Morgan fingerprint density at radius 1 is 1.19 bits per heavy atom. The van der Waals surface area contributed by atoms with Gasteiger partial charge in [-0.2, -0.15) is 13.2 Å². The molecule has 2 aromatic rings. The molecule has 0 saturated heterocycles. The molecule has 0 bridgehead atoms. The van der Waals surface area contributed by atoms with Gasteiger partial charge in [-0.1, -0.05) is 18.2 Å². The van der Waals surface area contributed by atoms with Crippen molar-refractivity contribution < 1.29 is 13.2 Å². The number of hydrogen-bond donors (Lipinski definition) is 1. The summed E-state index contributed by atoms with van der Waals surface area (Å²) in [5.74, 6) is 0.538. The molecule has 7 heteroatoms. The van der Waals surface area contributed by atoms with Gasteiger partial charge in [0.2, 0.25) is 0 Å². The maximum atomic E-state index is 13.1. The summed E-state index contributed by atoms with van der Waals surface area (Å²) in [6.07, 6.45) is -4.45. The number of anilines is 1. The Bertz CT molecular complexity index is 656. The highest BCUT2D eigenvalue weighted by Crippen LogP contribution is 2.36. The second kappa shape index (κ2) is 6.01. The van der Waals surface area contributed by atoms with Crippen LogP contribution in [0.15, 0.2) is 28.7 Å². The number of hydrogen-bond acceptors (Lipinski definition) is 3. The van der Waals surface area contributed by atoms with E-state index >= 15 is 0 Å². The average molecular weight is 360 g/mol. The summed E-state index contributed by atoms with van der Waals surface area (Å²) in [6.45, 7) is 4.20. The molecule has 1 heterocycles. The fraction of sp³-hybridized carbons (Fsp3) is 0.286. The molecule has 0 radical (unpaired) electrons. The highest BCUT2D eigenvalue weighted by Gasteiger charge is 2.34. The Balaban J connectivity index is 2.63. The summed E-state index contributed by atoms with van der Waals surface area (Å²) in [5.41, 5.74) is -0.193. The molecule has 0 unspecified atom stereocenters. The lowest BCUT2D eigenvalue weighted by Gasteiger charge is -2.14. The average Bonchev–Trinajstić information content (AvgIpc) is 2.43. The zero-order valence-electron chi connectivity index (χ0n) is 11.4. The number of benzene rings is 1. The van der Waals surface area contributed by atoms with Crippen molar-refractivity contribution in [2.75, 3.05) is 11.9 Å².